The van der Waals surface area contributed by atoms with Gasteiger partial charge in [-0.25, -0.2) is 12.7 Å². The van der Waals surface area contributed by atoms with E-state index in [9.17, 15) is 8.42 Å². The molecule has 4 nitrogen and oxygen atoms in total. The number of rotatable bonds is 4. The van der Waals surface area contributed by atoms with Crippen molar-refractivity contribution < 1.29 is 8.42 Å². The molecule has 0 aromatic carbocycles. The lowest BCUT2D eigenvalue weighted by Gasteiger charge is -2.14. The average Bonchev–Trinajstić information content (AvgIpc) is 2.49. The minimum atomic E-state index is -3.07. The molecule has 0 unspecified atom stereocenters. The monoisotopic (exact) mass is 204 g/mol. The van der Waals surface area contributed by atoms with Crippen molar-refractivity contribution >= 4 is 10.0 Å². The van der Waals surface area contributed by atoms with Crippen LogP contribution in [0.25, 0.3) is 0 Å². The van der Waals surface area contributed by atoms with E-state index in [4.69, 9.17) is 5.73 Å². The third-order valence-corrected chi connectivity index (χ3v) is 4.03. The normalized spacial score (nSPS) is 24.8. The highest BCUT2D eigenvalue weighted by molar-refractivity contribution is 7.89. The highest BCUT2D eigenvalue weighted by Crippen LogP contribution is 2.13. The van der Waals surface area contributed by atoms with Gasteiger partial charge in [-0.1, -0.05) is 6.08 Å². The van der Waals surface area contributed by atoms with Gasteiger partial charge < -0.3 is 5.73 Å². The molecule has 0 aliphatic carbocycles. The van der Waals surface area contributed by atoms with Crippen LogP contribution < -0.4 is 5.73 Å². The fourth-order valence-corrected chi connectivity index (χ4v) is 2.89. The summed E-state index contributed by atoms with van der Waals surface area (Å²) in [7, 11) is -3.07. The lowest BCUT2D eigenvalue weighted by atomic mass is 10.3. The van der Waals surface area contributed by atoms with Crippen LogP contribution in [-0.4, -0.2) is 37.6 Å². The first-order valence-electron chi connectivity index (χ1n) is 4.40. The number of hydrogen-bond acceptors (Lipinski definition) is 3. The summed E-state index contributed by atoms with van der Waals surface area (Å²) in [5.41, 5.74) is 5.62. The molecule has 1 rings (SSSR count). The molecule has 0 bridgehead atoms. The number of allylic oxidation sites excluding steroid dienone is 1. The largest absolute Gasteiger partial charge is 0.326 e. The Bertz CT molecular complexity index is 274. The van der Waals surface area contributed by atoms with Crippen LogP contribution in [0.5, 0.6) is 0 Å². The fourth-order valence-electron chi connectivity index (χ4n) is 1.37. The van der Waals surface area contributed by atoms with Crippen molar-refractivity contribution in [1.82, 2.24) is 4.31 Å². The number of nitrogens with zero attached hydrogens (tertiary/aromatic N) is 1. The van der Waals surface area contributed by atoms with Crippen LogP contribution in [0, 0.1) is 0 Å². The van der Waals surface area contributed by atoms with Crippen molar-refractivity contribution in [3.05, 3.63) is 12.7 Å². The molecule has 0 spiro atoms. The number of nitrogens with two attached hydrogens (primary N) is 1. The molecular weight excluding hydrogens is 188 g/mol. The van der Waals surface area contributed by atoms with Crippen molar-refractivity contribution in [2.45, 2.75) is 18.9 Å². The van der Waals surface area contributed by atoms with Crippen LogP contribution in [0.15, 0.2) is 12.7 Å². The molecule has 1 aliphatic heterocycles. The number of hydrogen-bond donors (Lipinski definition) is 1. The van der Waals surface area contributed by atoms with Gasteiger partial charge in [-0.3, -0.25) is 0 Å². The van der Waals surface area contributed by atoms with E-state index in [-0.39, 0.29) is 11.8 Å². The topological polar surface area (TPSA) is 63.4 Å². The summed E-state index contributed by atoms with van der Waals surface area (Å²) in [5, 5.41) is 0. The van der Waals surface area contributed by atoms with Crippen molar-refractivity contribution in [2.24, 2.45) is 5.73 Å². The summed E-state index contributed by atoms with van der Waals surface area (Å²) < 4.78 is 24.6. The molecule has 13 heavy (non-hydrogen) atoms. The Morgan fingerprint density at radius 2 is 2.31 bits per heavy atom. The Morgan fingerprint density at radius 1 is 1.62 bits per heavy atom. The van der Waals surface area contributed by atoms with E-state index in [1.165, 1.54) is 4.31 Å². The van der Waals surface area contributed by atoms with Gasteiger partial charge in [0.15, 0.2) is 0 Å². The van der Waals surface area contributed by atoms with E-state index in [2.05, 4.69) is 6.58 Å². The van der Waals surface area contributed by atoms with E-state index < -0.39 is 10.0 Å². The van der Waals surface area contributed by atoms with E-state index in [1.54, 1.807) is 6.08 Å². The first-order chi connectivity index (χ1) is 6.06. The third-order valence-electron chi connectivity index (χ3n) is 2.16. The minimum Gasteiger partial charge on any atom is -0.326 e. The first kappa shape index (κ1) is 10.7. The molecule has 1 heterocycles. The Balaban J connectivity index is 2.54. The van der Waals surface area contributed by atoms with Gasteiger partial charge in [0, 0.05) is 19.1 Å². The van der Waals surface area contributed by atoms with E-state index >= 15 is 0 Å². The van der Waals surface area contributed by atoms with E-state index in [1.807, 2.05) is 0 Å². The quantitative estimate of drug-likeness (QED) is 0.652. The Labute approximate surface area is 79.5 Å². The maximum absolute atomic E-state index is 11.6. The zero-order valence-corrected chi connectivity index (χ0v) is 8.46. The Morgan fingerprint density at radius 3 is 2.77 bits per heavy atom. The summed E-state index contributed by atoms with van der Waals surface area (Å²) in [4.78, 5) is 0. The van der Waals surface area contributed by atoms with Crippen LogP contribution in [0.3, 0.4) is 0 Å². The van der Waals surface area contributed by atoms with Crippen molar-refractivity contribution in [1.29, 1.82) is 0 Å². The lowest BCUT2D eigenvalue weighted by molar-refractivity contribution is 0.472. The second-order valence-electron chi connectivity index (χ2n) is 3.30. The highest BCUT2D eigenvalue weighted by atomic mass is 32.2. The van der Waals surface area contributed by atoms with Gasteiger partial charge >= 0.3 is 0 Å². The van der Waals surface area contributed by atoms with E-state index in [0.29, 0.717) is 19.5 Å². The van der Waals surface area contributed by atoms with Gasteiger partial charge in [0.2, 0.25) is 10.0 Å². The molecule has 1 saturated heterocycles. The summed E-state index contributed by atoms with van der Waals surface area (Å²) in [6, 6.07) is 0.0125. The molecule has 0 radical (unpaired) electrons. The standard InChI is InChI=1S/C8H16N2O2S/c1-2-3-6-13(11,12)10-5-4-8(9)7-10/h2,8H,1,3-7,9H2/t8-/m0/s1. The minimum absolute atomic E-state index is 0.0125. The molecule has 0 saturated carbocycles. The van der Waals surface area contributed by atoms with Crippen molar-refractivity contribution in [3.8, 4) is 0 Å². The third kappa shape index (κ3) is 2.79. The molecular formula is C8H16N2O2S. The second kappa shape index (κ2) is 4.21. The molecule has 0 aromatic rings. The predicted molar refractivity (Wildman–Crippen MR) is 52.8 cm³/mol. The fraction of sp³-hybridized carbons (Fsp3) is 0.750. The van der Waals surface area contributed by atoms with Crippen LogP contribution in [-0.2, 0) is 10.0 Å². The van der Waals surface area contributed by atoms with Crippen LogP contribution in [0.1, 0.15) is 12.8 Å². The highest BCUT2D eigenvalue weighted by Gasteiger charge is 2.28. The summed E-state index contributed by atoms with van der Waals surface area (Å²) in [6.07, 6.45) is 2.90. The lowest BCUT2D eigenvalue weighted by Crippen LogP contribution is -2.33. The number of sulfonamides is 1. The zero-order chi connectivity index (χ0) is 9.90. The van der Waals surface area contributed by atoms with Gasteiger partial charge in [0.25, 0.3) is 0 Å². The van der Waals surface area contributed by atoms with Gasteiger partial charge in [-0.2, -0.15) is 0 Å². The second-order valence-corrected chi connectivity index (χ2v) is 5.39. The SMILES string of the molecule is C=CCCS(=O)(=O)N1CC[C@H](N)C1. The molecule has 1 aliphatic rings. The Kier molecular flexibility index (Phi) is 3.47. The zero-order valence-electron chi connectivity index (χ0n) is 7.65. The maximum atomic E-state index is 11.6. The molecule has 76 valence electrons. The summed E-state index contributed by atoms with van der Waals surface area (Å²) in [6.45, 7) is 4.54. The van der Waals surface area contributed by atoms with Gasteiger partial charge in [0.1, 0.15) is 0 Å². The van der Waals surface area contributed by atoms with Crippen LogP contribution in [0.4, 0.5) is 0 Å². The summed E-state index contributed by atoms with van der Waals surface area (Å²) >= 11 is 0. The maximum Gasteiger partial charge on any atom is 0.214 e. The van der Waals surface area contributed by atoms with Gasteiger partial charge in [-0.05, 0) is 12.8 Å². The first-order valence-corrected chi connectivity index (χ1v) is 6.01. The molecule has 0 amide bonds. The van der Waals surface area contributed by atoms with Gasteiger partial charge in [0.05, 0.1) is 5.75 Å². The molecule has 5 heteroatoms. The summed E-state index contributed by atoms with van der Waals surface area (Å²) in [5.74, 6) is 0.156. The van der Waals surface area contributed by atoms with Crippen molar-refractivity contribution in [2.75, 3.05) is 18.8 Å². The average molecular weight is 204 g/mol. The molecule has 0 aromatic heterocycles. The molecule has 1 atom stereocenters. The molecule has 1 fully saturated rings. The van der Waals surface area contributed by atoms with Crippen LogP contribution >= 0.6 is 0 Å². The predicted octanol–water partition coefficient (Wildman–Crippen LogP) is -0.0747. The van der Waals surface area contributed by atoms with Crippen LogP contribution in [0.2, 0.25) is 0 Å². The smallest absolute Gasteiger partial charge is 0.214 e. The Hall–Kier alpha value is -0.390. The van der Waals surface area contributed by atoms with Crippen molar-refractivity contribution in [3.63, 3.8) is 0 Å². The molecule has 2 N–H and O–H groups in total. The van der Waals surface area contributed by atoms with E-state index in [0.717, 1.165) is 6.42 Å². The van der Waals surface area contributed by atoms with Gasteiger partial charge in [-0.15, -0.1) is 6.58 Å².